The summed E-state index contributed by atoms with van der Waals surface area (Å²) < 4.78 is 0.999. The second kappa shape index (κ2) is 5.37. The number of halogens is 1. The lowest BCUT2D eigenvalue weighted by Crippen LogP contribution is -2.62. The molecule has 2 N–H and O–H groups in total. The number of piperazine rings is 1. The molecule has 1 fully saturated rings. The predicted molar refractivity (Wildman–Crippen MR) is 85.8 cm³/mol. The minimum Gasteiger partial charge on any atom is -0.355 e. The average Bonchev–Trinajstić information content (AvgIpc) is 2.35. The molecule has 1 saturated heterocycles. The van der Waals surface area contributed by atoms with Crippen molar-refractivity contribution < 1.29 is 4.79 Å². The maximum Gasteiger partial charge on any atom is 0.247 e. The van der Waals surface area contributed by atoms with Crippen molar-refractivity contribution in [1.29, 1.82) is 0 Å². The molecule has 1 amide bonds. The molecule has 1 aliphatic rings. The van der Waals surface area contributed by atoms with E-state index in [0.717, 1.165) is 28.8 Å². The van der Waals surface area contributed by atoms with Crippen molar-refractivity contribution in [2.45, 2.75) is 32.4 Å². The normalized spacial score (nSPS) is 20.2. The third-order valence-electron chi connectivity index (χ3n) is 3.98. The lowest BCUT2D eigenvalue weighted by molar-refractivity contribution is -0.136. The molecule has 0 bridgehead atoms. The molecule has 1 aromatic rings. The van der Waals surface area contributed by atoms with Crippen LogP contribution in [0.2, 0.25) is 0 Å². The molecule has 110 valence electrons. The van der Waals surface area contributed by atoms with Crippen LogP contribution >= 0.6 is 15.9 Å². The van der Waals surface area contributed by atoms with Crippen LogP contribution in [0.4, 0.5) is 5.69 Å². The summed E-state index contributed by atoms with van der Waals surface area (Å²) in [6, 6.07) is 6.01. The second-order valence-corrected chi connectivity index (χ2v) is 6.84. The summed E-state index contributed by atoms with van der Waals surface area (Å²) in [7, 11) is 1.86. The fourth-order valence-corrected chi connectivity index (χ4v) is 3.12. The number of hydrogen-bond donors (Lipinski definition) is 1. The number of nitrogens with zero attached hydrogens (tertiary/aromatic N) is 2. The van der Waals surface area contributed by atoms with Gasteiger partial charge in [0, 0.05) is 36.3 Å². The van der Waals surface area contributed by atoms with Crippen LogP contribution < -0.4 is 10.6 Å². The topological polar surface area (TPSA) is 49.6 Å². The maximum absolute atomic E-state index is 12.4. The van der Waals surface area contributed by atoms with Gasteiger partial charge in [0.2, 0.25) is 5.91 Å². The number of benzene rings is 1. The Bertz CT molecular complexity index is 528. The predicted octanol–water partition coefficient (Wildman–Crippen LogP) is 2.53. The quantitative estimate of drug-likeness (QED) is 0.900. The first-order chi connectivity index (χ1) is 9.25. The Labute approximate surface area is 129 Å². The van der Waals surface area contributed by atoms with Crippen LogP contribution in [0, 0.1) is 0 Å². The van der Waals surface area contributed by atoms with Crippen LogP contribution in [0.25, 0.3) is 0 Å². The van der Waals surface area contributed by atoms with Crippen molar-refractivity contribution in [3.05, 3.63) is 28.2 Å². The maximum atomic E-state index is 12.4. The molecular weight excluding hydrogens is 318 g/mol. The number of carbonyl (C=O) groups is 1. The van der Waals surface area contributed by atoms with E-state index in [9.17, 15) is 4.79 Å². The van der Waals surface area contributed by atoms with Crippen LogP contribution in [0.15, 0.2) is 22.7 Å². The minimum atomic E-state index is -0.558. The Kier molecular flexibility index (Phi) is 4.12. The van der Waals surface area contributed by atoms with E-state index in [1.165, 1.54) is 0 Å². The summed E-state index contributed by atoms with van der Waals surface area (Å²) in [6.45, 7) is 7.45. The van der Waals surface area contributed by atoms with Gasteiger partial charge in [-0.15, -0.1) is 0 Å². The minimum absolute atomic E-state index is 0.0661. The summed E-state index contributed by atoms with van der Waals surface area (Å²) in [5.74, 6) is 0.138. The van der Waals surface area contributed by atoms with Crippen LogP contribution in [0.5, 0.6) is 0 Å². The highest BCUT2D eigenvalue weighted by atomic mass is 79.9. The van der Waals surface area contributed by atoms with Gasteiger partial charge in [0.25, 0.3) is 0 Å². The van der Waals surface area contributed by atoms with E-state index in [1.54, 1.807) is 4.90 Å². The average molecular weight is 340 g/mol. The highest BCUT2D eigenvalue weighted by molar-refractivity contribution is 9.10. The monoisotopic (exact) mass is 339 g/mol. The van der Waals surface area contributed by atoms with Gasteiger partial charge in [-0.3, -0.25) is 4.79 Å². The molecule has 0 spiro atoms. The number of carbonyl (C=O) groups excluding carboxylic acids is 1. The molecule has 1 aromatic carbocycles. The van der Waals surface area contributed by atoms with Crippen molar-refractivity contribution in [1.82, 2.24) is 4.90 Å². The molecule has 20 heavy (non-hydrogen) atoms. The Hall–Kier alpha value is -1.07. The van der Waals surface area contributed by atoms with E-state index in [4.69, 9.17) is 5.73 Å². The van der Waals surface area contributed by atoms with Crippen LogP contribution in [0.1, 0.15) is 32.4 Å². The zero-order chi connectivity index (χ0) is 15.1. The smallest absolute Gasteiger partial charge is 0.247 e. The first kappa shape index (κ1) is 15.3. The van der Waals surface area contributed by atoms with E-state index in [2.05, 4.69) is 26.9 Å². The standard InChI is InChI=1S/C15H22BrN3O/c1-10(17)12-6-5-11(16)9-13(12)19-8-7-18(4)14(20)15(19,2)3/h5-6,9-10H,7-8,17H2,1-4H3. The molecule has 2 rings (SSSR count). The number of hydrogen-bond acceptors (Lipinski definition) is 3. The first-order valence-electron chi connectivity index (χ1n) is 6.83. The molecular formula is C15H22BrN3O. The van der Waals surface area contributed by atoms with E-state index in [-0.39, 0.29) is 11.9 Å². The summed E-state index contributed by atoms with van der Waals surface area (Å²) >= 11 is 3.51. The molecule has 0 radical (unpaired) electrons. The van der Waals surface area contributed by atoms with Crippen LogP contribution in [0.3, 0.4) is 0 Å². The zero-order valence-corrected chi connectivity index (χ0v) is 14.1. The van der Waals surface area contributed by atoms with E-state index in [0.29, 0.717) is 0 Å². The van der Waals surface area contributed by atoms with Gasteiger partial charge in [-0.05, 0) is 38.5 Å². The second-order valence-electron chi connectivity index (χ2n) is 5.93. The molecule has 1 atom stereocenters. The lowest BCUT2D eigenvalue weighted by atomic mass is 9.94. The molecule has 4 nitrogen and oxygen atoms in total. The van der Waals surface area contributed by atoms with Crippen LogP contribution in [-0.4, -0.2) is 36.5 Å². The van der Waals surface area contributed by atoms with Crippen molar-refractivity contribution in [2.75, 3.05) is 25.0 Å². The van der Waals surface area contributed by atoms with Crippen molar-refractivity contribution in [3.8, 4) is 0 Å². The largest absolute Gasteiger partial charge is 0.355 e. The summed E-state index contributed by atoms with van der Waals surface area (Å²) in [4.78, 5) is 16.4. The Morgan fingerprint density at radius 1 is 1.35 bits per heavy atom. The third kappa shape index (κ3) is 2.56. The van der Waals surface area contributed by atoms with Gasteiger partial charge in [-0.1, -0.05) is 22.0 Å². The van der Waals surface area contributed by atoms with Crippen molar-refractivity contribution in [3.63, 3.8) is 0 Å². The fourth-order valence-electron chi connectivity index (χ4n) is 2.77. The van der Waals surface area contributed by atoms with Gasteiger partial charge in [0.1, 0.15) is 5.54 Å². The molecule has 5 heteroatoms. The van der Waals surface area contributed by atoms with Crippen LogP contribution in [-0.2, 0) is 4.79 Å². The molecule has 0 saturated carbocycles. The summed E-state index contributed by atoms with van der Waals surface area (Å²) in [5.41, 5.74) is 7.64. The van der Waals surface area contributed by atoms with Crippen molar-refractivity contribution in [2.24, 2.45) is 5.73 Å². The number of amides is 1. The van der Waals surface area contributed by atoms with Gasteiger partial charge in [-0.2, -0.15) is 0 Å². The number of rotatable bonds is 2. The SMILES string of the molecule is CC(N)c1ccc(Br)cc1N1CCN(C)C(=O)C1(C)C. The molecule has 1 heterocycles. The Balaban J connectivity index is 2.50. The number of nitrogens with two attached hydrogens (primary N) is 1. The van der Waals surface area contributed by atoms with Gasteiger partial charge >= 0.3 is 0 Å². The number of likely N-dealkylation sites (N-methyl/N-ethyl adjacent to an activating group) is 1. The van der Waals surface area contributed by atoms with Crippen molar-refractivity contribution >= 4 is 27.5 Å². The summed E-state index contributed by atoms with van der Waals surface area (Å²) in [6.07, 6.45) is 0. The van der Waals surface area contributed by atoms with E-state index >= 15 is 0 Å². The Morgan fingerprint density at radius 2 is 2.00 bits per heavy atom. The lowest BCUT2D eigenvalue weighted by Gasteiger charge is -2.47. The molecule has 1 aliphatic heterocycles. The first-order valence-corrected chi connectivity index (χ1v) is 7.62. The highest BCUT2D eigenvalue weighted by Crippen LogP contribution is 2.35. The molecule has 0 aromatic heterocycles. The third-order valence-corrected chi connectivity index (χ3v) is 4.47. The zero-order valence-electron chi connectivity index (χ0n) is 12.5. The van der Waals surface area contributed by atoms with Gasteiger partial charge in [-0.25, -0.2) is 0 Å². The fraction of sp³-hybridized carbons (Fsp3) is 0.533. The highest BCUT2D eigenvalue weighted by Gasteiger charge is 2.41. The van der Waals surface area contributed by atoms with E-state index in [1.807, 2.05) is 40.0 Å². The van der Waals surface area contributed by atoms with E-state index < -0.39 is 5.54 Å². The van der Waals surface area contributed by atoms with Gasteiger partial charge in [0.05, 0.1) is 0 Å². The molecule has 0 aliphatic carbocycles. The summed E-state index contributed by atoms with van der Waals surface area (Å²) in [5, 5.41) is 0. The van der Waals surface area contributed by atoms with Gasteiger partial charge < -0.3 is 15.5 Å². The molecule has 1 unspecified atom stereocenters. The Morgan fingerprint density at radius 3 is 2.60 bits per heavy atom. The number of anilines is 1. The van der Waals surface area contributed by atoms with Gasteiger partial charge in [0.15, 0.2) is 0 Å².